The SMILES string of the molecule is C=C(CCc1c(C)c2nc(C(=O)c3ccccc3C)ccc2n1CC)C(=O)/C(CCSC1=IC=C(Cl)CC1)=N/OS(=O)C(F)(F)F. The fraction of sp³-hybridized carbons (Fsp3) is 0.344. The van der Waals surface area contributed by atoms with E-state index in [2.05, 4.69) is 20.6 Å². The van der Waals surface area contributed by atoms with E-state index >= 15 is 0 Å². The highest BCUT2D eigenvalue weighted by atomic mass is 127. The smallest absolute Gasteiger partial charge is 0.343 e. The van der Waals surface area contributed by atoms with Gasteiger partial charge in [-0.2, -0.15) is 13.2 Å². The zero-order valence-corrected chi connectivity index (χ0v) is 29.9. The molecule has 3 aromatic rings. The zero-order valence-electron chi connectivity index (χ0n) is 25.4. The third-order valence-corrected chi connectivity index (χ3v) is 13.3. The number of thioether (sulfide) groups is 1. The lowest BCUT2D eigenvalue weighted by Gasteiger charge is -2.12. The Morgan fingerprint density at radius 2 is 1.91 bits per heavy atom. The maximum absolute atomic E-state index is 13.4. The van der Waals surface area contributed by atoms with Crippen molar-refractivity contribution in [3.8, 4) is 0 Å². The van der Waals surface area contributed by atoms with Crippen LogP contribution in [0.3, 0.4) is 0 Å². The number of halogens is 5. The molecule has 7 nitrogen and oxygen atoms in total. The molecule has 0 radical (unpaired) electrons. The van der Waals surface area contributed by atoms with Crippen LogP contribution in [0.2, 0.25) is 0 Å². The normalized spacial score (nSPS) is 14.7. The van der Waals surface area contributed by atoms with E-state index in [1.807, 2.05) is 49.1 Å². The lowest BCUT2D eigenvalue weighted by Crippen LogP contribution is -2.21. The molecule has 1 aromatic carbocycles. The highest BCUT2D eigenvalue weighted by Gasteiger charge is 2.40. The van der Waals surface area contributed by atoms with Crippen molar-refractivity contribution in [2.75, 3.05) is 5.75 Å². The molecule has 0 amide bonds. The van der Waals surface area contributed by atoms with E-state index in [9.17, 15) is 27.0 Å². The molecule has 0 N–H and O–H groups in total. The number of nitrogens with zero attached hydrogens (tertiary/aromatic N) is 3. The first-order valence-electron chi connectivity index (χ1n) is 14.3. The maximum atomic E-state index is 13.4. The van der Waals surface area contributed by atoms with Crippen LogP contribution in [0.25, 0.3) is 11.0 Å². The highest BCUT2D eigenvalue weighted by Crippen LogP contribution is 2.31. The quantitative estimate of drug-likeness (QED) is 0.0533. The molecule has 14 heteroatoms. The summed E-state index contributed by atoms with van der Waals surface area (Å²) in [4.78, 5) is 31.3. The third-order valence-electron chi connectivity index (χ3n) is 7.32. The number of carbonyl (C=O) groups excluding carboxylic acids is 2. The number of allylic oxidation sites excluding steroid dienone is 2. The minimum atomic E-state index is -5.14. The molecule has 1 atom stereocenters. The van der Waals surface area contributed by atoms with Gasteiger partial charge in [-0.05, 0) is 79.4 Å². The van der Waals surface area contributed by atoms with E-state index < -0.39 is 22.4 Å². The number of rotatable bonds is 14. The van der Waals surface area contributed by atoms with Crippen LogP contribution in [0.15, 0.2) is 62.8 Å². The lowest BCUT2D eigenvalue weighted by molar-refractivity contribution is -0.110. The molecule has 0 saturated heterocycles. The van der Waals surface area contributed by atoms with Crippen LogP contribution in [-0.2, 0) is 33.1 Å². The van der Waals surface area contributed by atoms with Gasteiger partial charge in [0.1, 0.15) is 11.4 Å². The van der Waals surface area contributed by atoms with Gasteiger partial charge in [0.25, 0.3) is 0 Å². The largest absolute Gasteiger partial charge is 0.510 e. The predicted molar refractivity (Wildman–Crippen MR) is 189 cm³/mol. The first kappa shape index (κ1) is 36.2. The fourth-order valence-electron chi connectivity index (χ4n) is 4.92. The van der Waals surface area contributed by atoms with Crippen LogP contribution in [-0.4, -0.2) is 45.1 Å². The Hall–Kier alpha value is -2.62. The molecule has 4 rings (SSSR count). The molecule has 0 saturated carbocycles. The van der Waals surface area contributed by atoms with Gasteiger partial charge >= 0.3 is 16.6 Å². The van der Waals surface area contributed by atoms with E-state index in [1.54, 1.807) is 12.1 Å². The van der Waals surface area contributed by atoms with Crippen molar-refractivity contribution in [1.82, 2.24) is 9.55 Å². The number of aryl methyl sites for hydroxylation is 3. The highest BCUT2D eigenvalue weighted by molar-refractivity contribution is 14.2. The summed E-state index contributed by atoms with van der Waals surface area (Å²) in [7, 11) is 0. The summed E-state index contributed by atoms with van der Waals surface area (Å²) in [5.41, 5.74) is -0.248. The van der Waals surface area contributed by atoms with Crippen LogP contribution in [0.5, 0.6) is 0 Å². The van der Waals surface area contributed by atoms with E-state index in [1.165, 1.54) is 14.6 Å². The Labute approximate surface area is 287 Å². The summed E-state index contributed by atoms with van der Waals surface area (Å²) in [6.07, 6.45) is 2.14. The van der Waals surface area contributed by atoms with Crippen molar-refractivity contribution in [3.63, 3.8) is 0 Å². The summed E-state index contributed by atoms with van der Waals surface area (Å²) in [6.45, 7) is 10.3. The Balaban J connectivity index is 1.52. The van der Waals surface area contributed by atoms with E-state index in [0.29, 0.717) is 35.5 Å². The average Bonchev–Trinajstić information content (AvgIpc) is 3.30. The van der Waals surface area contributed by atoms with Gasteiger partial charge in [0.2, 0.25) is 11.6 Å². The number of aromatic nitrogens is 2. The molecule has 0 fully saturated rings. The number of pyridine rings is 1. The number of oxime groups is 1. The van der Waals surface area contributed by atoms with Crippen LogP contribution >= 0.6 is 44.1 Å². The van der Waals surface area contributed by atoms with E-state index in [0.717, 1.165) is 40.2 Å². The second-order valence-electron chi connectivity index (χ2n) is 10.4. The van der Waals surface area contributed by atoms with Crippen molar-refractivity contribution in [2.24, 2.45) is 5.16 Å². The van der Waals surface area contributed by atoms with Gasteiger partial charge in [0, 0.05) is 37.8 Å². The first-order chi connectivity index (χ1) is 21.8. The number of fused-ring (bicyclic) bond motifs is 1. The first-order valence-corrected chi connectivity index (χ1v) is 19.1. The van der Waals surface area contributed by atoms with Crippen molar-refractivity contribution in [2.45, 2.75) is 64.9 Å². The van der Waals surface area contributed by atoms with Crippen molar-refractivity contribution < 1.29 is 31.3 Å². The van der Waals surface area contributed by atoms with Gasteiger partial charge in [0.15, 0.2) is 0 Å². The Morgan fingerprint density at radius 1 is 1.17 bits per heavy atom. The molecule has 1 aliphatic rings. The number of carbonyl (C=O) groups is 2. The van der Waals surface area contributed by atoms with Crippen LogP contribution < -0.4 is 0 Å². The van der Waals surface area contributed by atoms with Gasteiger partial charge in [-0.15, -0.1) is 11.8 Å². The number of hydrogen-bond acceptors (Lipinski definition) is 7. The Bertz CT molecular complexity index is 1800. The van der Waals surface area contributed by atoms with E-state index in [4.69, 9.17) is 16.6 Å². The number of Topliss-reactive ketones (excluding diaryl/α,β-unsaturated/α-hetero) is 1. The van der Waals surface area contributed by atoms with Gasteiger partial charge in [-0.25, -0.2) is 9.19 Å². The molecule has 1 unspecified atom stereocenters. The monoisotopic (exact) mass is 805 g/mol. The summed E-state index contributed by atoms with van der Waals surface area (Å²) in [6, 6.07) is 10.9. The van der Waals surface area contributed by atoms with Crippen molar-refractivity contribution in [3.05, 3.63) is 85.7 Å². The molecule has 0 spiro atoms. The molecular formula is C32H32ClF3IN3O4S2. The Kier molecular flexibility index (Phi) is 12.6. The van der Waals surface area contributed by atoms with E-state index in [-0.39, 0.29) is 50.6 Å². The van der Waals surface area contributed by atoms with Gasteiger partial charge in [-0.1, -0.05) is 68.3 Å². The second kappa shape index (κ2) is 16.0. The van der Waals surface area contributed by atoms with Crippen molar-refractivity contribution in [1.29, 1.82) is 0 Å². The molecule has 3 heterocycles. The number of ketones is 2. The molecule has 46 heavy (non-hydrogen) atoms. The van der Waals surface area contributed by atoms with Crippen LogP contribution in [0, 0.1) is 13.8 Å². The van der Waals surface area contributed by atoms with Crippen LogP contribution in [0.1, 0.15) is 65.5 Å². The number of alkyl halides is 3. The minimum absolute atomic E-state index is 0.0120. The standard InChI is InChI=1S/C32H32ClF3IN3O4S2/c1-5-40-26(21(4)29-27(40)14-12-24(38-29)31(42)23-9-7-6-8-19(23)2)13-10-20(3)30(41)25(39-44-46(43)32(34,35)36)16-17-45-28-15-11-22(33)18-37-28/h6-9,12,14,18H,3,5,10-11,13,15-17H2,1-2,4H3/b39-25+. The van der Waals surface area contributed by atoms with Gasteiger partial charge in [-0.3, -0.25) is 13.9 Å². The average molecular weight is 806 g/mol. The molecule has 246 valence electrons. The van der Waals surface area contributed by atoms with Gasteiger partial charge in [0.05, 0.1) is 11.0 Å². The fourth-order valence-corrected chi connectivity index (χ4v) is 9.44. The zero-order chi connectivity index (χ0) is 33.6. The number of hydrogen-bond donors (Lipinski definition) is 0. The molecule has 2 aromatic heterocycles. The molecule has 0 bridgehead atoms. The minimum Gasteiger partial charge on any atom is -0.343 e. The molecule has 1 aliphatic heterocycles. The van der Waals surface area contributed by atoms with Crippen molar-refractivity contribution >= 4 is 86.3 Å². The summed E-state index contributed by atoms with van der Waals surface area (Å²) in [5, 5.41) is 4.23. The summed E-state index contributed by atoms with van der Waals surface area (Å²) < 4.78 is 59.5. The van der Waals surface area contributed by atoms with Gasteiger partial charge < -0.3 is 4.57 Å². The summed E-state index contributed by atoms with van der Waals surface area (Å²) in [5.74, 6) is -0.433. The second-order valence-corrected chi connectivity index (χ2v) is 16.4. The third kappa shape index (κ3) is 8.84. The molecule has 0 aliphatic carbocycles. The van der Waals surface area contributed by atoms with Crippen LogP contribution in [0.4, 0.5) is 13.2 Å². The lowest BCUT2D eigenvalue weighted by atomic mass is 10.0. The predicted octanol–water partition coefficient (Wildman–Crippen LogP) is 8.62. The maximum Gasteiger partial charge on any atom is 0.510 e. The Morgan fingerprint density at radius 3 is 2.57 bits per heavy atom. The topological polar surface area (TPSA) is 90.6 Å². The summed E-state index contributed by atoms with van der Waals surface area (Å²) >= 11 is 3.52. The molecular weight excluding hydrogens is 774 g/mol. The number of benzene rings is 1.